The number of carbonyl (C=O) groups excluding carboxylic acids is 2. The van der Waals surface area contributed by atoms with E-state index in [1.807, 2.05) is 13.8 Å². The zero-order valence-corrected chi connectivity index (χ0v) is 18.9. The maximum absolute atomic E-state index is 12.9. The van der Waals surface area contributed by atoms with E-state index in [0.717, 1.165) is 35.5 Å². The highest BCUT2D eigenvalue weighted by Crippen LogP contribution is 2.52. The number of nitrogens with zero attached hydrogens (tertiary/aromatic N) is 3. The number of carbonyl (C=O) groups is 3. The fraction of sp³-hybridized carbons (Fsp3) is 0.684. The summed E-state index contributed by atoms with van der Waals surface area (Å²) in [4.78, 5) is 45.7. The molecule has 11 heteroatoms. The average Bonchev–Trinajstić information content (AvgIpc) is 3.24. The molecule has 0 aromatic heterocycles. The summed E-state index contributed by atoms with van der Waals surface area (Å²) in [6, 6.07) is -0.569. The van der Waals surface area contributed by atoms with Crippen LogP contribution in [0.2, 0.25) is 0 Å². The normalized spacial score (nSPS) is 29.4. The van der Waals surface area contributed by atoms with Crippen LogP contribution >= 0.6 is 23.5 Å². The van der Waals surface area contributed by atoms with E-state index in [2.05, 4.69) is 20.5 Å². The van der Waals surface area contributed by atoms with Crippen molar-refractivity contribution in [2.75, 3.05) is 39.0 Å². The van der Waals surface area contributed by atoms with Gasteiger partial charge >= 0.3 is 5.97 Å². The minimum atomic E-state index is -1.06. The Morgan fingerprint density at radius 1 is 1.40 bits per heavy atom. The Hall–Kier alpha value is -1.72. The van der Waals surface area contributed by atoms with E-state index in [1.54, 1.807) is 30.6 Å². The molecule has 0 unspecified atom stereocenters. The molecule has 0 aromatic rings. The van der Waals surface area contributed by atoms with Gasteiger partial charge in [-0.3, -0.25) is 14.6 Å². The number of carboxylic acid groups (broad SMARTS) is 1. The molecule has 4 aliphatic rings. The highest BCUT2D eigenvalue weighted by atomic mass is 32.2. The summed E-state index contributed by atoms with van der Waals surface area (Å²) in [5.41, 5.74) is 0.124. The number of thioether (sulfide) groups is 2. The number of rotatable bonds is 7. The fourth-order valence-electron chi connectivity index (χ4n) is 4.62. The van der Waals surface area contributed by atoms with E-state index in [0.29, 0.717) is 5.25 Å². The Kier molecular flexibility index (Phi) is 6.04. The molecule has 0 bridgehead atoms. The fourth-order valence-corrected chi connectivity index (χ4v) is 7.01. The van der Waals surface area contributed by atoms with Crippen LogP contribution in [-0.4, -0.2) is 94.2 Å². The third kappa shape index (κ3) is 3.60. The van der Waals surface area contributed by atoms with Gasteiger partial charge in [-0.2, -0.15) is 0 Å². The first-order chi connectivity index (χ1) is 14.3. The predicted octanol–water partition coefficient (Wildman–Crippen LogP) is 0.00360. The van der Waals surface area contributed by atoms with Crippen molar-refractivity contribution in [3.63, 3.8) is 0 Å². The van der Waals surface area contributed by atoms with E-state index in [4.69, 9.17) is 0 Å². The van der Waals surface area contributed by atoms with Crippen molar-refractivity contribution < 1.29 is 19.5 Å². The zero-order chi connectivity index (χ0) is 21.6. The van der Waals surface area contributed by atoms with Crippen LogP contribution in [0.15, 0.2) is 15.6 Å². The molecule has 30 heavy (non-hydrogen) atoms. The molecule has 0 aromatic carbocycles. The van der Waals surface area contributed by atoms with Gasteiger partial charge in [-0.1, -0.05) is 18.7 Å². The largest absolute Gasteiger partial charge is 0.477 e. The number of hydrogen-bond acceptors (Lipinski definition) is 8. The number of carboxylic acids is 1. The minimum absolute atomic E-state index is 0.0697. The van der Waals surface area contributed by atoms with Gasteiger partial charge < -0.3 is 25.5 Å². The van der Waals surface area contributed by atoms with Crippen LogP contribution in [0.25, 0.3) is 0 Å². The summed E-state index contributed by atoms with van der Waals surface area (Å²) in [6.45, 7) is 6.54. The van der Waals surface area contributed by atoms with Gasteiger partial charge in [0.15, 0.2) is 5.17 Å². The number of amidine groups is 1. The van der Waals surface area contributed by atoms with Crippen LogP contribution in [0.5, 0.6) is 0 Å². The SMILES string of the molecule is CNCC(=O)N[C@H](C)[C@H]1C(=O)N2C(C(=O)O)=C(SC3CN(C4=NCCS4)C3)[C@H](C)[C@@H]12. The lowest BCUT2D eigenvalue weighted by atomic mass is 9.78. The Morgan fingerprint density at radius 2 is 2.13 bits per heavy atom. The van der Waals surface area contributed by atoms with Crippen molar-refractivity contribution in [1.82, 2.24) is 20.4 Å². The summed E-state index contributed by atoms with van der Waals surface area (Å²) in [5, 5.41) is 16.9. The van der Waals surface area contributed by atoms with Crippen LogP contribution in [-0.2, 0) is 14.4 Å². The van der Waals surface area contributed by atoms with Crippen molar-refractivity contribution in [2.45, 2.75) is 31.2 Å². The second kappa shape index (κ2) is 8.43. The zero-order valence-electron chi connectivity index (χ0n) is 17.3. The summed E-state index contributed by atoms with van der Waals surface area (Å²) >= 11 is 3.36. The Labute approximate surface area is 184 Å². The molecular weight excluding hydrogens is 426 g/mol. The van der Waals surface area contributed by atoms with Gasteiger partial charge in [0, 0.05) is 41.0 Å². The van der Waals surface area contributed by atoms with Crippen molar-refractivity contribution in [3.8, 4) is 0 Å². The summed E-state index contributed by atoms with van der Waals surface area (Å²) < 4.78 is 0. The third-order valence-electron chi connectivity index (χ3n) is 6.04. The van der Waals surface area contributed by atoms with Crippen LogP contribution < -0.4 is 10.6 Å². The third-order valence-corrected chi connectivity index (χ3v) is 8.52. The number of fused-ring (bicyclic) bond motifs is 1. The average molecular weight is 454 g/mol. The molecular formula is C19H27N5O4S2. The molecule has 2 saturated heterocycles. The van der Waals surface area contributed by atoms with Gasteiger partial charge in [0.05, 0.1) is 25.0 Å². The highest BCUT2D eigenvalue weighted by molar-refractivity contribution is 8.14. The van der Waals surface area contributed by atoms with Crippen LogP contribution in [0.1, 0.15) is 13.8 Å². The van der Waals surface area contributed by atoms with Crippen LogP contribution in [0.3, 0.4) is 0 Å². The molecule has 2 amide bonds. The summed E-state index contributed by atoms with van der Waals surface area (Å²) in [6.07, 6.45) is 0. The van der Waals surface area contributed by atoms with E-state index in [9.17, 15) is 19.5 Å². The number of aliphatic imine (C=N–C) groups is 1. The lowest BCUT2D eigenvalue weighted by Crippen LogP contribution is -2.66. The van der Waals surface area contributed by atoms with Crippen molar-refractivity contribution in [3.05, 3.63) is 10.6 Å². The molecule has 0 spiro atoms. The van der Waals surface area contributed by atoms with Crippen molar-refractivity contribution >= 4 is 46.5 Å². The van der Waals surface area contributed by atoms with Crippen LogP contribution in [0.4, 0.5) is 0 Å². The monoisotopic (exact) mass is 453 g/mol. The van der Waals surface area contributed by atoms with E-state index < -0.39 is 11.9 Å². The quantitative estimate of drug-likeness (QED) is 0.462. The first-order valence-electron chi connectivity index (χ1n) is 10.2. The second-order valence-corrected chi connectivity index (χ2v) is 10.5. The molecule has 9 nitrogen and oxygen atoms in total. The number of likely N-dealkylation sites (tertiary alicyclic amines) is 1. The van der Waals surface area contributed by atoms with Crippen molar-refractivity contribution in [2.24, 2.45) is 16.8 Å². The highest BCUT2D eigenvalue weighted by Gasteiger charge is 2.60. The first-order valence-corrected chi connectivity index (χ1v) is 12.0. The lowest BCUT2D eigenvalue weighted by molar-refractivity contribution is -0.158. The molecule has 2 fully saturated rings. The number of amides is 2. The topological polar surface area (TPSA) is 114 Å². The summed E-state index contributed by atoms with van der Waals surface area (Å²) in [7, 11) is 1.69. The number of likely N-dealkylation sites (N-methyl/N-ethyl adjacent to an activating group) is 1. The Bertz CT molecular complexity index is 826. The van der Waals surface area contributed by atoms with E-state index in [-0.39, 0.29) is 42.1 Å². The van der Waals surface area contributed by atoms with Crippen LogP contribution in [0, 0.1) is 11.8 Å². The molecule has 0 saturated carbocycles. The maximum Gasteiger partial charge on any atom is 0.353 e. The molecule has 0 aliphatic carbocycles. The van der Waals surface area contributed by atoms with Crippen molar-refractivity contribution in [1.29, 1.82) is 0 Å². The summed E-state index contributed by atoms with van der Waals surface area (Å²) in [5.74, 6) is -0.903. The van der Waals surface area contributed by atoms with E-state index >= 15 is 0 Å². The molecule has 4 atom stereocenters. The number of hydrogen-bond donors (Lipinski definition) is 3. The second-order valence-electron chi connectivity index (χ2n) is 8.08. The molecule has 4 rings (SSSR count). The molecule has 164 valence electrons. The first kappa shape index (κ1) is 21.5. The Balaban J connectivity index is 1.44. The standard InChI is InChI=1S/C19H27N5O4S2/c1-9-14-13(10(2)22-12(25)6-20-3)17(26)24(14)15(18(27)28)16(9)30-11-7-23(8-11)19-21-4-5-29-19/h9-11,13-14,20H,4-8H2,1-3H3,(H,22,25)(H,27,28)/t9-,10-,13-,14+/m1/s1. The number of nitrogens with one attached hydrogen (secondary N) is 2. The van der Waals surface area contributed by atoms with Gasteiger partial charge in [-0.25, -0.2) is 4.79 Å². The predicted molar refractivity (Wildman–Crippen MR) is 117 cm³/mol. The number of aliphatic carboxylic acids is 1. The maximum atomic E-state index is 12.9. The van der Waals surface area contributed by atoms with Gasteiger partial charge in [-0.05, 0) is 14.0 Å². The molecule has 3 N–H and O–H groups in total. The van der Waals surface area contributed by atoms with E-state index in [1.165, 1.54) is 4.90 Å². The minimum Gasteiger partial charge on any atom is -0.477 e. The van der Waals surface area contributed by atoms with Gasteiger partial charge in [0.1, 0.15) is 5.70 Å². The Morgan fingerprint density at radius 3 is 2.73 bits per heavy atom. The molecule has 4 aliphatic heterocycles. The van der Waals surface area contributed by atoms with Gasteiger partial charge in [0.25, 0.3) is 0 Å². The van der Waals surface area contributed by atoms with Gasteiger partial charge in [0.2, 0.25) is 11.8 Å². The molecule has 0 radical (unpaired) electrons. The molecule has 4 heterocycles. The smallest absolute Gasteiger partial charge is 0.353 e. The van der Waals surface area contributed by atoms with Gasteiger partial charge in [-0.15, -0.1) is 11.8 Å². The lowest BCUT2D eigenvalue weighted by Gasteiger charge is -2.47. The number of β-lactam (4-membered cyclic amide) rings is 1.